The van der Waals surface area contributed by atoms with Crippen molar-refractivity contribution in [2.24, 2.45) is 9.98 Å². The molecule has 8 heteroatoms. The van der Waals surface area contributed by atoms with E-state index in [1.165, 1.54) is 0 Å². The van der Waals surface area contributed by atoms with Gasteiger partial charge in [0, 0.05) is 65.8 Å². The van der Waals surface area contributed by atoms with Crippen LogP contribution in [0.1, 0.15) is 0 Å². The Bertz CT molecular complexity index is 1140. The molecule has 0 unspecified atom stereocenters. The summed E-state index contributed by atoms with van der Waals surface area (Å²) in [6.07, 6.45) is 8.68. The van der Waals surface area contributed by atoms with Gasteiger partial charge in [-0.05, 0) is 24.3 Å². The van der Waals surface area contributed by atoms with Gasteiger partial charge in [-0.25, -0.2) is 4.79 Å². The van der Waals surface area contributed by atoms with Gasteiger partial charge >= 0.3 is 6.09 Å². The van der Waals surface area contributed by atoms with Crippen LogP contribution in [-0.4, -0.2) is 49.6 Å². The summed E-state index contributed by atoms with van der Waals surface area (Å²) in [5.41, 5.74) is 1.83. The average Bonchev–Trinajstić information content (AvgIpc) is 2.90. The molecule has 3 aliphatic rings. The number of benzene rings is 1. The highest BCUT2D eigenvalue weighted by atomic mass is 32.1. The molecule has 1 fully saturated rings. The lowest BCUT2D eigenvalue weighted by atomic mass is 10.1. The standard InChI is InChI=1S/C19H17N5O2S/c25-19(24-9-7-20-8-10-24)26-16-4-1-12-13(23-16)2-3-14-17(12)18-15(27-14)11-21-5-6-22-18/h1-6,11,20,23H,7-10H2. The molecule has 1 aromatic heterocycles. The van der Waals surface area contributed by atoms with Gasteiger partial charge in [0.1, 0.15) is 0 Å². The van der Waals surface area contributed by atoms with Gasteiger partial charge in [-0.1, -0.05) is 0 Å². The monoisotopic (exact) mass is 379 g/mol. The molecular weight excluding hydrogens is 362 g/mol. The van der Waals surface area contributed by atoms with Gasteiger partial charge in [0.25, 0.3) is 0 Å². The highest BCUT2D eigenvalue weighted by molar-refractivity contribution is 7.17. The number of rotatable bonds is 1. The van der Waals surface area contributed by atoms with E-state index in [4.69, 9.17) is 4.74 Å². The van der Waals surface area contributed by atoms with Crippen molar-refractivity contribution >= 4 is 63.6 Å². The lowest BCUT2D eigenvalue weighted by Gasteiger charge is -2.27. The van der Waals surface area contributed by atoms with Crippen LogP contribution in [-0.2, 0) is 4.74 Å². The second-order valence-electron chi connectivity index (χ2n) is 6.35. The molecule has 136 valence electrons. The smallest absolute Gasteiger partial charge is 0.393 e. The third-order valence-electron chi connectivity index (χ3n) is 4.68. The van der Waals surface area contributed by atoms with Crippen molar-refractivity contribution < 1.29 is 9.53 Å². The van der Waals surface area contributed by atoms with Crippen LogP contribution in [0.3, 0.4) is 0 Å². The number of hydrogen-bond acceptors (Lipinski definition) is 7. The van der Waals surface area contributed by atoms with E-state index in [2.05, 4.69) is 26.7 Å². The van der Waals surface area contributed by atoms with Crippen molar-refractivity contribution in [2.45, 2.75) is 0 Å². The highest BCUT2D eigenvalue weighted by Gasteiger charge is 2.20. The number of carbonyl (C=O) groups excluding carboxylic acids is 1. The minimum Gasteiger partial charge on any atom is -0.393 e. The molecule has 0 saturated carbocycles. The fourth-order valence-corrected chi connectivity index (χ4v) is 4.42. The summed E-state index contributed by atoms with van der Waals surface area (Å²) in [5, 5.41) is 8.58. The van der Waals surface area contributed by atoms with Gasteiger partial charge < -0.3 is 20.3 Å². The van der Waals surface area contributed by atoms with E-state index in [9.17, 15) is 4.79 Å². The first kappa shape index (κ1) is 16.2. The summed E-state index contributed by atoms with van der Waals surface area (Å²) in [6.45, 7) is 2.90. The number of carbonyl (C=O) groups is 1. The van der Waals surface area contributed by atoms with Gasteiger partial charge in [0.2, 0.25) is 5.88 Å². The number of allylic oxidation sites excluding steroid dienone is 1. The van der Waals surface area contributed by atoms with Crippen LogP contribution >= 0.6 is 11.3 Å². The summed E-state index contributed by atoms with van der Waals surface area (Å²) in [7, 11) is 0. The lowest BCUT2D eigenvalue weighted by molar-refractivity contribution is 0.124. The van der Waals surface area contributed by atoms with Crippen molar-refractivity contribution in [1.82, 2.24) is 10.2 Å². The van der Waals surface area contributed by atoms with Gasteiger partial charge in [0.05, 0.1) is 10.2 Å². The lowest BCUT2D eigenvalue weighted by Crippen LogP contribution is -2.46. The number of amides is 1. The minimum absolute atomic E-state index is 0.325. The van der Waals surface area contributed by atoms with Crippen LogP contribution in [0.25, 0.3) is 22.4 Å². The fourth-order valence-electron chi connectivity index (χ4n) is 3.37. The van der Waals surface area contributed by atoms with Crippen LogP contribution in [0.4, 0.5) is 16.2 Å². The summed E-state index contributed by atoms with van der Waals surface area (Å²) >= 11 is 1.67. The molecule has 0 bridgehead atoms. The zero-order valence-electron chi connectivity index (χ0n) is 14.4. The number of nitrogens with zero attached hydrogens (tertiary/aromatic N) is 3. The Morgan fingerprint density at radius 2 is 2.07 bits per heavy atom. The predicted octanol–water partition coefficient (Wildman–Crippen LogP) is 1.52. The van der Waals surface area contributed by atoms with E-state index in [-0.39, 0.29) is 6.09 Å². The number of piperazine rings is 1. The van der Waals surface area contributed by atoms with Gasteiger partial charge in [-0.3, -0.25) is 9.98 Å². The van der Waals surface area contributed by atoms with E-state index in [0.29, 0.717) is 19.0 Å². The molecule has 1 saturated heterocycles. The largest absolute Gasteiger partial charge is 0.416 e. The third-order valence-corrected chi connectivity index (χ3v) is 5.76. The van der Waals surface area contributed by atoms with E-state index in [0.717, 1.165) is 44.3 Å². The van der Waals surface area contributed by atoms with Crippen molar-refractivity contribution in [2.75, 3.05) is 31.5 Å². The number of hydrogen-bond donors (Lipinski definition) is 2. The Morgan fingerprint density at radius 3 is 2.96 bits per heavy atom. The number of aliphatic imine (C=N–C) groups is 2. The topological polar surface area (TPSA) is 78.3 Å². The molecule has 7 nitrogen and oxygen atoms in total. The Balaban J connectivity index is 1.51. The van der Waals surface area contributed by atoms with E-state index in [1.54, 1.807) is 34.7 Å². The number of fused-ring (bicyclic) bond motifs is 5. The summed E-state index contributed by atoms with van der Waals surface area (Å²) in [6, 6.07) is 4.06. The van der Waals surface area contributed by atoms with Crippen LogP contribution in [0, 0.1) is 0 Å². The normalized spacial score (nSPS) is 17.8. The molecule has 1 aromatic carbocycles. The van der Waals surface area contributed by atoms with Crippen LogP contribution < -0.4 is 20.4 Å². The molecule has 0 radical (unpaired) electrons. The summed E-state index contributed by atoms with van der Waals surface area (Å²) in [4.78, 5) is 22.8. The minimum atomic E-state index is -0.325. The van der Waals surface area contributed by atoms with Gasteiger partial charge in [0.15, 0.2) is 0 Å². The second-order valence-corrected chi connectivity index (χ2v) is 7.43. The van der Waals surface area contributed by atoms with Crippen LogP contribution in [0.15, 0.2) is 34.1 Å². The molecule has 3 aliphatic heterocycles. The SMILES string of the molecule is O=C(OC1=CC=c2c(ccc3sc4c(c23)N=CC=NC=4)N1)N1CCNCC1. The first-order valence-electron chi connectivity index (χ1n) is 8.78. The Hall–Kier alpha value is -2.97. The maximum absolute atomic E-state index is 12.3. The van der Waals surface area contributed by atoms with Crippen LogP contribution in [0.5, 0.6) is 0 Å². The molecule has 1 amide bonds. The maximum atomic E-state index is 12.3. The van der Waals surface area contributed by atoms with E-state index in [1.807, 2.05) is 18.3 Å². The van der Waals surface area contributed by atoms with Crippen molar-refractivity contribution in [1.29, 1.82) is 0 Å². The Morgan fingerprint density at radius 1 is 1.19 bits per heavy atom. The molecule has 2 aromatic rings. The molecule has 0 spiro atoms. The quantitative estimate of drug-likeness (QED) is 0.787. The molecule has 5 rings (SSSR count). The fraction of sp³-hybridized carbons (Fsp3) is 0.211. The number of nitrogens with one attached hydrogen (secondary N) is 2. The summed E-state index contributed by atoms with van der Waals surface area (Å²) in [5.74, 6) is 0.435. The van der Waals surface area contributed by atoms with Crippen LogP contribution in [0.2, 0.25) is 0 Å². The number of anilines is 1. The van der Waals surface area contributed by atoms with Crippen molar-refractivity contribution in [3.63, 3.8) is 0 Å². The molecule has 2 N–H and O–H groups in total. The van der Waals surface area contributed by atoms with Gasteiger partial charge in [-0.2, -0.15) is 0 Å². The van der Waals surface area contributed by atoms with Crippen molar-refractivity contribution in [3.05, 3.63) is 33.8 Å². The van der Waals surface area contributed by atoms with Gasteiger partial charge in [-0.15, -0.1) is 11.3 Å². The zero-order valence-corrected chi connectivity index (χ0v) is 15.3. The van der Waals surface area contributed by atoms with E-state index >= 15 is 0 Å². The number of thiophene rings is 1. The zero-order chi connectivity index (χ0) is 18.2. The number of ether oxygens (including phenoxy) is 1. The summed E-state index contributed by atoms with van der Waals surface area (Å²) < 4.78 is 7.73. The molecular formula is C19H17N5O2S. The molecule has 0 aliphatic carbocycles. The molecule has 0 atom stereocenters. The van der Waals surface area contributed by atoms with E-state index < -0.39 is 0 Å². The first-order valence-corrected chi connectivity index (χ1v) is 9.59. The second kappa shape index (κ2) is 6.64. The Labute approximate surface area is 159 Å². The Kier molecular flexibility index (Phi) is 3.99. The average molecular weight is 379 g/mol. The third kappa shape index (κ3) is 2.92. The first-order chi connectivity index (χ1) is 13.3. The molecule has 27 heavy (non-hydrogen) atoms. The predicted molar refractivity (Wildman–Crippen MR) is 109 cm³/mol. The van der Waals surface area contributed by atoms with Crippen molar-refractivity contribution in [3.8, 4) is 0 Å². The molecule has 4 heterocycles. The highest BCUT2D eigenvalue weighted by Crippen LogP contribution is 2.28. The maximum Gasteiger partial charge on any atom is 0.416 e.